The molecule has 0 radical (unpaired) electrons. The van der Waals surface area contributed by atoms with Crippen LogP contribution in [0.25, 0.3) is 0 Å². The Bertz CT molecular complexity index is 1310. The molecule has 2 amide bonds. The van der Waals surface area contributed by atoms with Crippen molar-refractivity contribution >= 4 is 21.8 Å². The van der Waals surface area contributed by atoms with Crippen LogP contribution in [0, 0.1) is 11.7 Å². The summed E-state index contributed by atoms with van der Waals surface area (Å²) in [5, 5.41) is 2.77. The number of carbonyl (C=O) groups is 2. The number of hydrogen-bond acceptors (Lipinski definition) is 4. The second-order valence-corrected chi connectivity index (χ2v) is 11.7. The first-order valence-electron chi connectivity index (χ1n) is 11.8. The summed E-state index contributed by atoms with van der Waals surface area (Å²) in [7, 11) is -1.02. The largest absolute Gasteiger partial charge is 0.416 e. The Hall–Kier alpha value is -2.99. The summed E-state index contributed by atoms with van der Waals surface area (Å²) in [6.45, 7) is 0.268. The molecule has 4 rings (SSSR count). The average Bonchev–Trinajstić information content (AvgIpc) is 3.56. The van der Waals surface area contributed by atoms with Crippen molar-refractivity contribution in [1.82, 2.24) is 14.5 Å². The molecule has 2 aromatic carbocycles. The van der Waals surface area contributed by atoms with Crippen molar-refractivity contribution in [1.29, 1.82) is 0 Å². The van der Waals surface area contributed by atoms with E-state index in [-0.39, 0.29) is 28.5 Å². The van der Waals surface area contributed by atoms with Gasteiger partial charge in [0.25, 0.3) is 5.91 Å². The summed E-state index contributed by atoms with van der Waals surface area (Å²) in [4.78, 5) is 27.8. The first kappa shape index (κ1) is 27.1. The molecule has 0 aromatic heterocycles. The highest BCUT2D eigenvalue weighted by atomic mass is 32.2. The Kier molecular flexibility index (Phi) is 7.35. The van der Waals surface area contributed by atoms with Gasteiger partial charge in [-0.2, -0.15) is 13.2 Å². The molecule has 2 fully saturated rings. The third kappa shape index (κ3) is 5.64. The molecule has 1 saturated carbocycles. The third-order valence-electron chi connectivity index (χ3n) is 6.73. The molecular weight excluding hydrogens is 514 g/mol. The summed E-state index contributed by atoms with van der Waals surface area (Å²) < 4.78 is 79.6. The highest BCUT2D eigenvalue weighted by Crippen LogP contribution is 2.43. The van der Waals surface area contributed by atoms with Gasteiger partial charge in [-0.1, -0.05) is 12.1 Å². The molecule has 2 atom stereocenters. The van der Waals surface area contributed by atoms with Gasteiger partial charge < -0.3 is 10.2 Å². The molecule has 0 bridgehead atoms. The molecule has 1 N–H and O–H groups in total. The maximum atomic E-state index is 14.7. The number of sulfonamides is 1. The molecule has 200 valence electrons. The number of alkyl halides is 3. The van der Waals surface area contributed by atoms with Crippen LogP contribution in [0.15, 0.2) is 47.4 Å². The molecule has 1 heterocycles. The van der Waals surface area contributed by atoms with Gasteiger partial charge >= 0.3 is 6.18 Å². The van der Waals surface area contributed by atoms with Gasteiger partial charge in [0.2, 0.25) is 15.9 Å². The van der Waals surface area contributed by atoms with Crippen LogP contribution in [-0.2, 0) is 21.0 Å². The Morgan fingerprint density at radius 3 is 2.38 bits per heavy atom. The van der Waals surface area contributed by atoms with E-state index < -0.39 is 51.5 Å². The van der Waals surface area contributed by atoms with Gasteiger partial charge in [-0.25, -0.2) is 17.1 Å². The fraction of sp³-hybridized carbons (Fsp3) is 0.440. The first-order valence-corrected chi connectivity index (χ1v) is 13.3. The van der Waals surface area contributed by atoms with E-state index in [9.17, 15) is 35.6 Å². The van der Waals surface area contributed by atoms with Crippen LogP contribution >= 0.6 is 0 Å². The van der Waals surface area contributed by atoms with Gasteiger partial charge in [0.1, 0.15) is 11.9 Å². The Morgan fingerprint density at radius 2 is 1.78 bits per heavy atom. The quantitative estimate of drug-likeness (QED) is 0.538. The molecule has 12 heteroatoms. The van der Waals surface area contributed by atoms with E-state index in [4.69, 9.17) is 0 Å². The van der Waals surface area contributed by atoms with Gasteiger partial charge in [0.15, 0.2) is 0 Å². The van der Waals surface area contributed by atoms with E-state index in [0.29, 0.717) is 31.7 Å². The van der Waals surface area contributed by atoms with Crippen LogP contribution in [0.3, 0.4) is 0 Å². The summed E-state index contributed by atoms with van der Waals surface area (Å²) in [6.07, 6.45) is -2.44. The lowest BCUT2D eigenvalue weighted by atomic mass is 9.99. The predicted octanol–water partition coefficient (Wildman–Crippen LogP) is 3.97. The van der Waals surface area contributed by atoms with Crippen LogP contribution in [0.4, 0.5) is 17.6 Å². The predicted molar refractivity (Wildman–Crippen MR) is 126 cm³/mol. The van der Waals surface area contributed by atoms with Crippen LogP contribution in [-0.4, -0.2) is 56.1 Å². The maximum absolute atomic E-state index is 14.7. The molecule has 37 heavy (non-hydrogen) atoms. The van der Waals surface area contributed by atoms with Crippen LogP contribution in [0.2, 0.25) is 0 Å². The molecule has 1 aliphatic carbocycles. The Morgan fingerprint density at radius 1 is 1.08 bits per heavy atom. The number of nitrogens with zero attached hydrogens (tertiary/aromatic N) is 2. The molecule has 1 aliphatic heterocycles. The molecule has 0 spiro atoms. The van der Waals surface area contributed by atoms with Crippen molar-refractivity contribution in [3.63, 3.8) is 0 Å². The number of likely N-dealkylation sites (tertiary alicyclic amines) is 1. The minimum atomic E-state index is -4.69. The minimum absolute atomic E-state index is 0.0266. The normalized spacial score (nSPS) is 19.2. The van der Waals surface area contributed by atoms with E-state index >= 15 is 0 Å². The van der Waals surface area contributed by atoms with Crippen molar-refractivity contribution < 1.29 is 35.6 Å². The molecule has 0 unspecified atom stereocenters. The molecular formula is C25H27F4N3O4S. The lowest BCUT2D eigenvalue weighted by Gasteiger charge is -2.27. The lowest BCUT2D eigenvalue weighted by molar-refractivity contribution is -0.137. The molecule has 7 nitrogen and oxygen atoms in total. The zero-order valence-corrected chi connectivity index (χ0v) is 21.1. The van der Waals surface area contributed by atoms with Gasteiger partial charge in [-0.05, 0) is 61.9 Å². The van der Waals surface area contributed by atoms with Crippen LogP contribution < -0.4 is 5.32 Å². The summed E-state index contributed by atoms with van der Waals surface area (Å²) in [5.41, 5.74) is -1.03. The fourth-order valence-electron chi connectivity index (χ4n) is 4.53. The number of hydrogen-bond donors (Lipinski definition) is 1. The summed E-state index contributed by atoms with van der Waals surface area (Å²) in [5.74, 6) is -2.21. The number of amides is 2. The molecule has 1 saturated heterocycles. The second-order valence-electron chi connectivity index (χ2n) is 9.53. The van der Waals surface area contributed by atoms with Gasteiger partial charge in [-0.15, -0.1) is 0 Å². The monoisotopic (exact) mass is 541 g/mol. The number of carbonyl (C=O) groups excluding carboxylic acids is 2. The van der Waals surface area contributed by atoms with Gasteiger partial charge in [0, 0.05) is 31.8 Å². The van der Waals surface area contributed by atoms with E-state index in [0.717, 1.165) is 16.4 Å². The number of benzene rings is 2. The van der Waals surface area contributed by atoms with Crippen LogP contribution in [0.5, 0.6) is 0 Å². The number of nitrogens with one attached hydrogen (secondary N) is 1. The number of rotatable bonds is 7. The highest BCUT2D eigenvalue weighted by molar-refractivity contribution is 7.89. The zero-order chi connectivity index (χ0) is 27.1. The van der Waals surface area contributed by atoms with E-state index in [1.807, 2.05) is 0 Å². The van der Waals surface area contributed by atoms with Crippen molar-refractivity contribution in [3.8, 4) is 0 Å². The lowest BCUT2D eigenvalue weighted by Crippen LogP contribution is -2.47. The van der Waals surface area contributed by atoms with Crippen molar-refractivity contribution in [3.05, 3.63) is 65.0 Å². The minimum Gasteiger partial charge on any atom is -0.347 e. The average molecular weight is 542 g/mol. The van der Waals surface area contributed by atoms with Crippen molar-refractivity contribution in [2.24, 2.45) is 5.92 Å². The topological polar surface area (TPSA) is 86.8 Å². The second kappa shape index (κ2) is 10.1. The fourth-order valence-corrected chi connectivity index (χ4v) is 5.48. The van der Waals surface area contributed by atoms with Gasteiger partial charge in [0.05, 0.1) is 16.5 Å². The smallest absolute Gasteiger partial charge is 0.347 e. The van der Waals surface area contributed by atoms with E-state index in [1.165, 1.54) is 43.3 Å². The van der Waals surface area contributed by atoms with Crippen molar-refractivity contribution in [2.45, 2.75) is 48.8 Å². The third-order valence-corrected chi connectivity index (χ3v) is 8.54. The SMILES string of the molecule is CN(C)S(=O)(=O)c1cccc(C(=O)N2CCC[C@@H]2C(=O)N[C@H](c2ccc(C(F)(F)F)cc2F)C2CC2)c1. The first-order chi connectivity index (χ1) is 17.3. The Labute approximate surface area is 212 Å². The van der Waals surface area contributed by atoms with E-state index in [1.54, 1.807) is 0 Å². The Balaban J connectivity index is 1.54. The van der Waals surface area contributed by atoms with Crippen LogP contribution in [0.1, 0.15) is 53.2 Å². The molecule has 2 aromatic rings. The number of halogens is 4. The highest BCUT2D eigenvalue weighted by Gasteiger charge is 2.40. The molecule has 2 aliphatic rings. The standard InChI is InChI=1S/C25H27F4N3O4S/c1-31(2)37(35,36)18-6-3-5-16(13-18)24(34)32-12-4-7-21(32)23(33)30-22(15-8-9-15)19-11-10-17(14-20(19)26)25(27,28)29/h3,5-6,10-11,13-15,21-22H,4,7-9,12H2,1-2H3,(H,30,33)/t21-,22+/m1/s1. The van der Waals surface area contributed by atoms with E-state index in [2.05, 4.69) is 5.32 Å². The maximum Gasteiger partial charge on any atom is 0.416 e. The zero-order valence-electron chi connectivity index (χ0n) is 20.3. The summed E-state index contributed by atoms with van der Waals surface area (Å²) in [6, 6.07) is 6.13. The summed E-state index contributed by atoms with van der Waals surface area (Å²) >= 11 is 0. The van der Waals surface area contributed by atoms with Gasteiger partial charge in [-0.3, -0.25) is 9.59 Å². The van der Waals surface area contributed by atoms with Crippen molar-refractivity contribution in [2.75, 3.05) is 20.6 Å².